The van der Waals surface area contributed by atoms with Gasteiger partial charge in [0.2, 0.25) is 0 Å². The number of ether oxygens (including phenoxy) is 1. The summed E-state index contributed by atoms with van der Waals surface area (Å²) in [6, 6.07) is 15.7. The molecule has 0 radical (unpaired) electrons. The van der Waals surface area contributed by atoms with Gasteiger partial charge in [-0.05, 0) is 82.7 Å². The SMILES string of the molecule is CCN1C(=O)SC(=Cc2ccc(OCc3ccc(I)cc3)cc2)C1=O. The second-order valence-corrected chi connectivity index (χ2v) is 7.65. The molecule has 128 valence electrons. The van der Waals surface area contributed by atoms with E-state index < -0.39 is 0 Å². The standard InChI is InChI=1S/C19H16INO3S/c1-2-21-18(22)17(25-19(21)23)11-13-5-9-16(10-6-13)24-12-14-3-7-15(20)8-4-14/h3-11H,2,12H2,1H3. The van der Waals surface area contributed by atoms with Gasteiger partial charge in [0.1, 0.15) is 12.4 Å². The molecular formula is C19H16INO3S. The molecule has 2 aromatic rings. The number of carbonyl (C=O) groups excluding carboxylic acids is 2. The molecule has 0 N–H and O–H groups in total. The number of rotatable bonds is 5. The summed E-state index contributed by atoms with van der Waals surface area (Å²) in [7, 11) is 0. The summed E-state index contributed by atoms with van der Waals surface area (Å²) >= 11 is 3.25. The van der Waals surface area contributed by atoms with Gasteiger partial charge in [-0.3, -0.25) is 14.5 Å². The number of hydrogen-bond donors (Lipinski definition) is 0. The van der Waals surface area contributed by atoms with Crippen LogP contribution in [0.4, 0.5) is 4.79 Å². The highest BCUT2D eigenvalue weighted by molar-refractivity contribution is 14.1. The molecule has 1 aliphatic heterocycles. The average Bonchev–Trinajstić information content (AvgIpc) is 2.88. The van der Waals surface area contributed by atoms with Crippen LogP contribution in [-0.4, -0.2) is 22.6 Å². The number of hydrogen-bond acceptors (Lipinski definition) is 4. The summed E-state index contributed by atoms with van der Waals surface area (Å²) in [4.78, 5) is 25.5. The number of amides is 2. The quantitative estimate of drug-likeness (QED) is 0.465. The zero-order chi connectivity index (χ0) is 17.8. The molecule has 1 aliphatic rings. The molecule has 0 spiro atoms. The minimum absolute atomic E-state index is 0.212. The van der Waals surface area contributed by atoms with E-state index in [9.17, 15) is 9.59 Å². The molecule has 0 unspecified atom stereocenters. The second-order valence-electron chi connectivity index (χ2n) is 5.41. The van der Waals surface area contributed by atoms with E-state index in [1.54, 1.807) is 13.0 Å². The van der Waals surface area contributed by atoms with Crippen molar-refractivity contribution in [2.45, 2.75) is 13.5 Å². The van der Waals surface area contributed by atoms with Gasteiger partial charge in [-0.2, -0.15) is 0 Å². The van der Waals surface area contributed by atoms with Gasteiger partial charge in [0, 0.05) is 10.1 Å². The predicted molar refractivity (Wildman–Crippen MR) is 108 cm³/mol. The van der Waals surface area contributed by atoms with Gasteiger partial charge in [-0.15, -0.1) is 0 Å². The first kappa shape index (κ1) is 18.0. The zero-order valence-corrected chi connectivity index (χ0v) is 16.5. The number of thioether (sulfide) groups is 1. The van der Waals surface area contributed by atoms with Crippen molar-refractivity contribution in [3.8, 4) is 5.75 Å². The van der Waals surface area contributed by atoms with E-state index >= 15 is 0 Å². The Kier molecular flexibility index (Phi) is 5.80. The normalized spacial score (nSPS) is 15.9. The van der Waals surface area contributed by atoms with Crippen molar-refractivity contribution in [1.82, 2.24) is 4.90 Å². The molecular weight excluding hydrogens is 449 g/mol. The van der Waals surface area contributed by atoms with E-state index in [1.165, 1.54) is 8.47 Å². The van der Waals surface area contributed by atoms with Crippen molar-refractivity contribution in [2.75, 3.05) is 6.54 Å². The lowest BCUT2D eigenvalue weighted by atomic mass is 10.2. The van der Waals surface area contributed by atoms with Crippen LogP contribution in [-0.2, 0) is 11.4 Å². The van der Waals surface area contributed by atoms with E-state index in [1.807, 2.05) is 48.5 Å². The molecule has 6 heteroatoms. The topological polar surface area (TPSA) is 46.6 Å². The van der Waals surface area contributed by atoms with E-state index in [4.69, 9.17) is 4.74 Å². The predicted octanol–water partition coefficient (Wildman–Crippen LogP) is 4.93. The number of carbonyl (C=O) groups is 2. The number of nitrogens with zero attached hydrogens (tertiary/aromatic N) is 1. The lowest BCUT2D eigenvalue weighted by molar-refractivity contribution is -0.122. The molecule has 3 rings (SSSR count). The molecule has 0 aromatic heterocycles. The van der Waals surface area contributed by atoms with Gasteiger partial charge in [-0.1, -0.05) is 24.3 Å². The molecule has 1 saturated heterocycles. The molecule has 2 aromatic carbocycles. The van der Waals surface area contributed by atoms with Gasteiger partial charge in [0.15, 0.2) is 0 Å². The molecule has 0 atom stereocenters. The maximum absolute atomic E-state index is 12.1. The summed E-state index contributed by atoms with van der Waals surface area (Å²) in [5.41, 5.74) is 1.97. The smallest absolute Gasteiger partial charge is 0.293 e. The fourth-order valence-electron chi connectivity index (χ4n) is 2.33. The highest BCUT2D eigenvalue weighted by Crippen LogP contribution is 2.32. The Morgan fingerprint density at radius 2 is 1.76 bits per heavy atom. The van der Waals surface area contributed by atoms with Crippen LogP contribution in [0.5, 0.6) is 5.75 Å². The van der Waals surface area contributed by atoms with Gasteiger partial charge < -0.3 is 4.74 Å². The zero-order valence-electron chi connectivity index (χ0n) is 13.6. The molecule has 0 bridgehead atoms. The second kappa shape index (κ2) is 8.05. The van der Waals surface area contributed by atoms with Crippen LogP contribution < -0.4 is 4.74 Å². The largest absolute Gasteiger partial charge is 0.489 e. The first-order chi connectivity index (χ1) is 12.1. The van der Waals surface area contributed by atoms with E-state index in [2.05, 4.69) is 22.6 Å². The van der Waals surface area contributed by atoms with Crippen LogP contribution in [0.25, 0.3) is 6.08 Å². The van der Waals surface area contributed by atoms with Crippen LogP contribution in [0.15, 0.2) is 53.4 Å². The van der Waals surface area contributed by atoms with Crippen LogP contribution in [0.2, 0.25) is 0 Å². The Bertz CT molecular complexity index is 816. The highest BCUT2D eigenvalue weighted by Gasteiger charge is 2.33. The summed E-state index contributed by atoms with van der Waals surface area (Å²) in [6.45, 7) is 2.69. The minimum atomic E-state index is -0.225. The summed E-state index contributed by atoms with van der Waals surface area (Å²) in [5, 5.41) is -0.212. The van der Waals surface area contributed by atoms with Crippen molar-refractivity contribution in [1.29, 1.82) is 0 Å². The Morgan fingerprint density at radius 1 is 1.08 bits per heavy atom. The Hall–Kier alpha value is -1.80. The fourth-order valence-corrected chi connectivity index (χ4v) is 3.59. The number of likely N-dealkylation sites (N-methyl/N-ethyl adjacent to an activating group) is 1. The molecule has 0 aliphatic carbocycles. The molecule has 25 heavy (non-hydrogen) atoms. The fraction of sp³-hybridized carbons (Fsp3) is 0.158. The lowest BCUT2D eigenvalue weighted by Crippen LogP contribution is -2.27. The highest BCUT2D eigenvalue weighted by atomic mass is 127. The molecule has 4 nitrogen and oxygen atoms in total. The van der Waals surface area contributed by atoms with Crippen molar-refractivity contribution in [3.05, 3.63) is 68.1 Å². The van der Waals surface area contributed by atoms with E-state index in [0.29, 0.717) is 18.1 Å². The van der Waals surface area contributed by atoms with Crippen LogP contribution in [0.3, 0.4) is 0 Å². The third kappa shape index (κ3) is 4.43. The first-order valence-electron chi connectivity index (χ1n) is 7.79. The maximum Gasteiger partial charge on any atom is 0.293 e. The first-order valence-corrected chi connectivity index (χ1v) is 9.69. The minimum Gasteiger partial charge on any atom is -0.489 e. The van der Waals surface area contributed by atoms with E-state index in [-0.39, 0.29) is 11.1 Å². The third-order valence-electron chi connectivity index (χ3n) is 3.69. The van der Waals surface area contributed by atoms with Crippen LogP contribution in [0, 0.1) is 3.57 Å². The van der Waals surface area contributed by atoms with Crippen molar-refractivity contribution in [3.63, 3.8) is 0 Å². The number of imide groups is 1. The summed E-state index contributed by atoms with van der Waals surface area (Å²) in [6.07, 6.45) is 1.74. The van der Waals surface area contributed by atoms with Gasteiger partial charge in [0.25, 0.3) is 11.1 Å². The maximum atomic E-state index is 12.1. The number of benzene rings is 2. The average molecular weight is 465 g/mol. The Labute approximate surface area is 164 Å². The monoisotopic (exact) mass is 465 g/mol. The van der Waals surface area contributed by atoms with E-state index in [0.717, 1.165) is 28.6 Å². The molecule has 1 heterocycles. The van der Waals surface area contributed by atoms with Gasteiger partial charge >= 0.3 is 0 Å². The number of halogens is 1. The molecule has 0 saturated carbocycles. The van der Waals surface area contributed by atoms with Gasteiger partial charge in [0.05, 0.1) is 4.91 Å². The summed E-state index contributed by atoms with van der Waals surface area (Å²) in [5.74, 6) is 0.536. The summed E-state index contributed by atoms with van der Waals surface area (Å²) < 4.78 is 6.96. The molecule has 1 fully saturated rings. The van der Waals surface area contributed by atoms with Crippen molar-refractivity contribution in [2.24, 2.45) is 0 Å². The Morgan fingerprint density at radius 3 is 2.36 bits per heavy atom. The lowest BCUT2D eigenvalue weighted by Gasteiger charge is -2.07. The third-order valence-corrected chi connectivity index (χ3v) is 5.31. The molecule has 2 amide bonds. The van der Waals surface area contributed by atoms with Crippen LogP contribution >= 0.6 is 34.4 Å². The Balaban J connectivity index is 1.64. The van der Waals surface area contributed by atoms with Crippen molar-refractivity contribution >= 4 is 51.6 Å². The van der Waals surface area contributed by atoms with Crippen LogP contribution in [0.1, 0.15) is 18.1 Å². The van der Waals surface area contributed by atoms with Gasteiger partial charge in [-0.25, -0.2) is 0 Å². The van der Waals surface area contributed by atoms with Crippen molar-refractivity contribution < 1.29 is 14.3 Å².